The fourth-order valence-electron chi connectivity index (χ4n) is 3.22. The van der Waals surface area contributed by atoms with E-state index in [1.54, 1.807) is 6.92 Å². The molecule has 2 rings (SSSR count). The smallest absolute Gasteiger partial charge is 0.244 e. The van der Waals surface area contributed by atoms with E-state index in [1.807, 2.05) is 37.3 Å². The maximum atomic E-state index is 13.3. The molecule has 33 heavy (non-hydrogen) atoms. The molecule has 0 bridgehead atoms. The number of hydrogen-bond acceptors (Lipinski definition) is 4. The zero-order chi connectivity index (χ0) is 24.6. The number of sulfonamides is 1. The Hall–Kier alpha value is -2.29. The fourth-order valence-corrected chi connectivity index (χ4v) is 4.35. The van der Waals surface area contributed by atoms with Crippen LogP contribution in [0.2, 0.25) is 10.0 Å². The number of carbonyl (C=O) groups is 2. The number of anilines is 1. The first-order chi connectivity index (χ1) is 15.5. The SMILES string of the molecule is CCCNC(=O)[C@H](C)N(CCc1ccccc1)C(=O)CN(c1ccc(Cl)c(Cl)c1)S(C)(=O)=O. The summed E-state index contributed by atoms with van der Waals surface area (Å²) in [5, 5.41) is 3.24. The lowest BCUT2D eigenvalue weighted by Crippen LogP contribution is -2.52. The quantitative estimate of drug-likeness (QED) is 0.495. The monoisotopic (exact) mass is 513 g/mol. The van der Waals surface area contributed by atoms with Crippen molar-refractivity contribution < 1.29 is 18.0 Å². The first-order valence-corrected chi connectivity index (χ1v) is 13.2. The Bertz CT molecular complexity index is 1060. The number of nitrogens with one attached hydrogen (secondary N) is 1. The number of nitrogens with zero attached hydrogens (tertiary/aromatic N) is 2. The van der Waals surface area contributed by atoms with Crippen LogP contribution in [-0.2, 0) is 26.0 Å². The summed E-state index contributed by atoms with van der Waals surface area (Å²) < 4.78 is 26.0. The van der Waals surface area contributed by atoms with Gasteiger partial charge >= 0.3 is 0 Å². The van der Waals surface area contributed by atoms with Gasteiger partial charge in [0.1, 0.15) is 12.6 Å². The molecular weight excluding hydrogens is 485 g/mol. The first kappa shape index (κ1) is 27.0. The van der Waals surface area contributed by atoms with E-state index in [0.717, 1.165) is 22.5 Å². The number of halogens is 2. The van der Waals surface area contributed by atoms with E-state index in [-0.39, 0.29) is 28.2 Å². The summed E-state index contributed by atoms with van der Waals surface area (Å²) in [5.41, 5.74) is 1.22. The number of carbonyl (C=O) groups excluding carboxylic acids is 2. The highest BCUT2D eigenvalue weighted by molar-refractivity contribution is 7.92. The highest BCUT2D eigenvalue weighted by Crippen LogP contribution is 2.28. The van der Waals surface area contributed by atoms with Crippen molar-refractivity contribution in [1.29, 1.82) is 0 Å². The molecule has 1 N–H and O–H groups in total. The van der Waals surface area contributed by atoms with Crippen molar-refractivity contribution in [2.45, 2.75) is 32.7 Å². The summed E-state index contributed by atoms with van der Waals surface area (Å²) in [6.07, 6.45) is 2.29. The van der Waals surface area contributed by atoms with E-state index in [0.29, 0.717) is 13.0 Å². The minimum atomic E-state index is -3.82. The molecule has 2 aromatic carbocycles. The molecule has 0 unspecified atom stereocenters. The molecule has 0 saturated heterocycles. The molecule has 0 aliphatic carbocycles. The van der Waals surface area contributed by atoms with Crippen LogP contribution in [0.15, 0.2) is 48.5 Å². The van der Waals surface area contributed by atoms with E-state index in [4.69, 9.17) is 23.2 Å². The van der Waals surface area contributed by atoms with Crippen molar-refractivity contribution in [3.05, 3.63) is 64.1 Å². The van der Waals surface area contributed by atoms with Gasteiger partial charge in [-0.3, -0.25) is 13.9 Å². The molecular formula is C23H29Cl2N3O4S. The zero-order valence-corrected chi connectivity index (χ0v) is 21.3. The van der Waals surface area contributed by atoms with Crippen LogP contribution in [0.4, 0.5) is 5.69 Å². The Morgan fingerprint density at radius 1 is 1.06 bits per heavy atom. The first-order valence-electron chi connectivity index (χ1n) is 10.6. The Balaban J connectivity index is 2.31. The lowest BCUT2D eigenvalue weighted by molar-refractivity contribution is -0.138. The predicted octanol–water partition coefficient (Wildman–Crippen LogP) is 3.75. The summed E-state index contributed by atoms with van der Waals surface area (Å²) in [5.74, 6) is -0.791. The van der Waals surface area contributed by atoms with Gasteiger partial charge in [-0.2, -0.15) is 0 Å². The van der Waals surface area contributed by atoms with Crippen LogP contribution in [0, 0.1) is 0 Å². The van der Waals surface area contributed by atoms with Crippen molar-refractivity contribution in [3.8, 4) is 0 Å². The molecule has 10 heteroatoms. The van der Waals surface area contributed by atoms with Crippen LogP contribution in [0.5, 0.6) is 0 Å². The molecule has 0 heterocycles. The molecule has 0 fully saturated rings. The number of hydrogen-bond donors (Lipinski definition) is 1. The van der Waals surface area contributed by atoms with Crippen LogP contribution in [0.3, 0.4) is 0 Å². The minimum Gasteiger partial charge on any atom is -0.354 e. The van der Waals surface area contributed by atoms with Gasteiger partial charge in [0.15, 0.2) is 0 Å². The van der Waals surface area contributed by atoms with Gasteiger partial charge in [-0.05, 0) is 43.5 Å². The Morgan fingerprint density at radius 2 is 1.73 bits per heavy atom. The van der Waals surface area contributed by atoms with E-state index in [2.05, 4.69) is 5.32 Å². The molecule has 0 aliphatic heterocycles. The third-order valence-electron chi connectivity index (χ3n) is 5.07. The third-order valence-corrected chi connectivity index (χ3v) is 6.95. The second-order valence-electron chi connectivity index (χ2n) is 7.66. The van der Waals surface area contributed by atoms with Crippen LogP contribution >= 0.6 is 23.2 Å². The molecule has 0 spiro atoms. The van der Waals surface area contributed by atoms with Gasteiger partial charge < -0.3 is 10.2 Å². The molecule has 0 aliphatic rings. The largest absolute Gasteiger partial charge is 0.354 e. The molecule has 2 amide bonds. The maximum absolute atomic E-state index is 13.3. The third kappa shape index (κ3) is 7.91. The number of amides is 2. The van der Waals surface area contributed by atoms with Crippen LogP contribution in [-0.4, -0.2) is 57.1 Å². The molecule has 180 valence electrons. The normalized spacial score (nSPS) is 12.2. The maximum Gasteiger partial charge on any atom is 0.244 e. The van der Waals surface area contributed by atoms with Gasteiger partial charge in [0.05, 0.1) is 22.0 Å². The molecule has 1 atom stereocenters. The van der Waals surface area contributed by atoms with E-state index >= 15 is 0 Å². The highest BCUT2D eigenvalue weighted by Gasteiger charge is 2.29. The molecule has 2 aromatic rings. The van der Waals surface area contributed by atoms with Crippen LogP contribution in [0.1, 0.15) is 25.8 Å². The van der Waals surface area contributed by atoms with E-state index in [9.17, 15) is 18.0 Å². The van der Waals surface area contributed by atoms with Gasteiger partial charge in [-0.15, -0.1) is 0 Å². The van der Waals surface area contributed by atoms with Crippen molar-refractivity contribution in [2.75, 3.05) is 30.2 Å². The summed E-state index contributed by atoms with van der Waals surface area (Å²) in [6, 6.07) is 13.1. The van der Waals surface area contributed by atoms with Gasteiger partial charge in [-0.25, -0.2) is 8.42 Å². The van der Waals surface area contributed by atoms with E-state index < -0.39 is 28.5 Å². The van der Waals surface area contributed by atoms with Gasteiger partial charge in [0.25, 0.3) is 0 Å². The summed E-state index contributed by atoms with van der Waals surface area (Å²) in [4.78, 5) is 27.4. The van der Waals surface area contributed by atoms with Crippen LogP contribution < -0.4 is 9.62 Å². The number of rotatable bonds is 11. The van der Waals surface area contributed by atoms with Gasteiger partial charge in [0, 0.05) is 13.1 Å². The highest BCUT2D eigenvalue weighted by atomic mass is 35.5. The van der Waals surface area contributed by atoms with Crippen molar-refractivity contribution in [3.63, 3.8) is 0 Å². The molecule has 0 aromatic heterocycles. The van der Waals surface area contributed by atoms with Gasteiger partial charge in [0.2, 0.25) is 21.8 Å². The average Bonchev–Trinajstić information content (AvgIpc) is 2.77. The Labute approximate surface area is 205 Å². The number of benzene rings is 2. The standard InChI is InChI=1S/C23H29Cl2N3O4S/c1-4-13-26-23(30)17(2)27(14-12-18-8-6-5-7-9-18)22(29)16-28(33(3,31)32)19-10-11-20(24)21(25)15-19/h5-11,15,17H,4,12-14,16H2,1-3H3,(H,26,30)/t17-/m0/s1. The van der Waals surface area contributed by atoms with Gasteiger partial charge in [-0.1, -0.05) is 60.5 Å². The summed E-state index contributed by atoms with van der Waals surface area (Å²) in [7, 11) is -3.82. The average molecular weight is 514 g/mol. The van der Waals surface area contributed by atoms with Crippen LogP contribution in [0.25, 0.3) is 0 Å². The molecule has 7 nitrogen and oxygen atoms in total. The predicted molar refractivity (Wildman–Crippen MR) is 133 cm³/mol. The summed E-state index contributed by atoms with van der Waals surface area (Å²) in [6.45, 7) is 3.84. The topological polar surface area (TPSA) is 86.8 Å². The summed E-state index contributed by atoms with van der Waals surface area (Å²) >= 11 is 12.0. The van der Waals surface area contributed by atoms with Crippen molar-refractivity contribution >= 4 is 50.7 Å². The van der Waals surface area contributed by atoms with Crippen molar-refractivity contribution in [2.24, 2.45) is 0 Å². The second kappa shape index (κ2) is 12.3. The lowest BCUT2D eigenvalue weighted by Gasteiger charge is -2.31. The Kier molecular flexibility index (Phi) is 10.0. The molecule has 0 saturated carbocycles. The zero-order valence-electron chi connectivity index (χ0n) is 18.9. The minimum absolute atomic E-state index is 0.170. The lowest BCUT2D eigenvalue weighted by atomic mass is 10.1. The fraction of sp³-hybridized carbons (Fsp3) is 0.391. The van der Waals surface area contributed by atoms with Crippen molar-refractivity contribution in [1.82, 2.24) is 10.2 Å². The van der Waals surface area contributed by atoms with E-state index in [1.165, 1.54) is 23.1 Å². The molecule has 0 radical (unpaired) electrons. The Morgan fingerprint density at radius 3 is 2.30 bits per heavy atom. The second-order valence-corrected chi connectivity index (χ2v) is 10.4.